The SMILES string of the molecule is CCn1c(C)cc(C(=O)COC(=O)c2cccc(NS(=O)(=O)c3ccccc3)c2)c1C. The Morgan fingerprint density at radius 1 is 1.00 bits per heavy atom. The maximum absolute atomic E-state index is 12.5. The van der Waals surface area contributed by atoms with E-state index in [1.54, 1.807) is 24.3 Å². The topological polar surface area (TPSA) is 94.5 Å². The predicted octanol–water partition coefficient (Wildman–Crippen LogP) is 3.97. The third-order valence-electron chi connectivity index (χ3n) is 4.93. The lowest BCUT2D eigenvalue weighted by molar-refractivity contribution is 0.0474. The molecule has 0 saturated heterocycles. The minimum absolute atomic E-state index is 0.109. The van der Waals surface area contributed by atoms with E-state index >= 15 is 0 Å². The Kier molecular flexibility index (Phi) is 6.60. The number of esters is 1. The minimum atomic E-state index is -3.79. The molecule has 0 saturated carbocycles. The molecule has 2 aromatic carbocycles. The van der Waals surface area contributed by atoms with E-state index < -0.39 is 22.6 Å². The van der Waals surface area contributed by atoms with Gasteiger partial charge in [-0.2, -0.15) is 0 Å². The van der Waals surface area contributed by atoms with Crippen molar-refractivity contribution in [1.82, 2.24) is 4.57 Å². The van der Waals surface area contributed by atoms with Crippen LogP contribution >= 0.6 is 0 Å². The highest BCUT2D eigenvalue weighted by atomic mass is 32.2. The second-order valence-electron chi connectivity index (χ2n) is 7.03. The number of sulfonamides is 1. The molecule has 162 valence electrons. The second kappa shape index (κ2) is 9.18. The van der Waals surface area contributed by atoms with Crippen LogP contribution in [0.2, 0.25) is 0 Å². The average molecular weight is 441 g/mol. The molecule has 3 aromatic rings. The molecule has 0 fully saturated rings. The van der Waals surface area contributed by atoms with Gasteiger partial charge in [-0.25, -0.2) is 13.2 Å². The van der Waals surface area contributed by atoms with Crippen molar-refractivity contribution in [2.45, 2.75) is 32.2 Å². The zero-order chi connectivity index (χ0) is 22.6. The summed E-state index contributed by atoms with van der Waals surface area (Å²) in [5.74, 6) is -1.000. The Labute approximate surface area is 181 Å². The van der Waals surface area contributed by atoms with Gasteiger partial charge in [-0.05, 0) is 57.2 Å². The van der Waals surface area contributed by atoms with Gasteiger partial charge in [-0.1, -0.05) is 24.3 Å². The number of aromatic nitrogens is 1. The zero-order valence-electron chi connectivity index (χ0n) is 17.6. The molecule has 0 spiro atoms. The van der Waals surface area contributed by atoms with Crippen LogP contribution in [0, 0.1) is 13.8 Å². The standard InChI is InChI=1S/C23H24N2O5S/c1-4-25-16(2)13-21(17(25)3)22(26)15-30-23(27)18-9-8-10-19(14-18)24-31(28,29)20-11-6-5-7-12-20/h5-14,24H,4,15H2,1-3H3. The van der Waals surface area contributed by atoms with Crippen molar-refractivity contribution < 1.29 is 22.7 Å². The van der Waals surface area contributed by atoms with Crippen molar-refractivity contribution in [2.75, 3.05) is 11.3 Å². The lowest BCUT2D eigenvalue weighted by Crippen LogP contribution is -2.16. The Hall–Kier alpha value is -3.39. The number of carbonyl (C=O) groups excluding carboxylic acids is 2. The van der Waals surface area contributed by atoms with Gasteiger partial charge in [0.1, 0.15) is 0 Å². The summed E-state index contributed by atoms with van der Waals surface area (Å²) in [4.78, 5) is 25.0. The normalized spacial score (nSPS) is 11.2. The molecule has 1 aromatic heterocycles. The maximum Gasteiger partial charge on any atom is 0.338 e. The number of ketones is 1. The van der Waals surface area contributed by atoms with E-state index in [0.29, 0.717) is 5.56 Å². The third kappa shape index (κ3) is 5.03. The summed E-state index contributed by atoms with van der Waals surface area (Å²) in [5.41, 5.74) is 2.68. The van der Waals surface area contributed by atoms with Gasteiger partial charge in [0.2, 0.25) is 5.78 Å². The van der Waals surface area contributed by atoms with E-state index in [9.17, 15) is 18.0 Å². The first-order chi connectivity index (χ1) is 14.7. The molecule has 0 atom stereocenters. The van der Waals surface area contributed by atoms with Crippen LogP contribution in [0.1, 0.15) is 39.0 Å². The first kappa shape index (κ1) is 22.3. The molecule has 0 radical (unpaired) electrons. The number of benzene rings is 2. The highest BCUT2D eigenvalue weighted by molar-refractivity contribution is 7.92. The molecule has 3 rings (SSSR count). The van der Waals surface area contributed by atoms with Gasteiger partial charge in [0.05, 0.1) is 10.5 Å². The van der Waals surface area contributed by atoms with Crippen molar-refractivity contribution in [1.29, 1.82) is 0 Å². The van der Waals surface area contributed by atoms with Crippen LogP contribution in [0.4, 0.5) is 5.69 Å². The molecular weight excluding hydrogens is 416 g/mol. The van der Waals surface area contributed by atoms with Crippen LogP contribution in [0.3, 0.4) is 0 Å². The quantitative estimate of drug-likeness (QED) is 0.423. The van der Waals surface area contributed by atoms with Crippen LogP contribution < -0.4 is 4.72 Å². The van der Waals surface area contributed by atoms with Gasteiger partial charge in [0.15, 0.2) is 6.61 Å². The van der Waals surface area contributed by atoms with Crippen LogP contribution in [-0.2, 0) is 21.3 Å². The van der Waals surface area contributed by atoms with Crippen molar-refractivity contribution in [3.8, 4) is 0 Å². The molecule has 8 heteroatoms. The second-order valence-corrected chi connectivity index (χ2v) is 8.71. The summed E-state index contributed by atoms with van der Waals surface area (Å²) in [5, 5.41) is 0. The Morgan fingerprint density at radius 2 is 1.71 bits per heavy atom. The average Bonchev–Trinajstić information content (AvgIpc) is 3.05. The number of carbonyl (C=O) groups is 2. The summed E-state index contributed by atoms with van der Waals surface area (Å²) in [7, 11) is -3.79. The van der Waals surface area contributed by atoms with Crippen LogP contribution in [0.15, 0.2) is 65.6 Å². The van der Waals surface area contributed by atoms with Gasteiger partial charge in [0.25, 0.3) is 10.0 Å². The fraction of sp³-hybridized carbons (Fsp3) is 0.217. The summed E-state index contributed by atoms with van der Waals surface area (Å²) in [6.07, 6.45) is 0. The number of hydrogen-bond acceptors (Lipinski definition) is 5. The minimum Gasteiger partial charge on any atom is -0.454 e. The lowest BCUT2D eigenvalue weighted by atomic mass is 10.1. The van der Waals surface area contributed by atoms with E-state index in [4.69, 9.17) is 4.74 Å². The van der Waals surface area contributed by atoms with Gasteiger partial charge < -0.3 is 9.30 Å². The van der Waals surface area contributed by atoms with Gasteiger partial charge in [-0.3, -0.25) is 9.52 Å². The third-order valence-corrected chi connectivity index (χ3v) is 6.33. The van der Waals surface area contributed by atoms with Gasteiger partial charge in [0, 0.05) is 29.2 Å². The monoisotopic (exact) mass is 440 g/mol. The van der Waals surface area contributed by atoms with E-state index in [1.165, 1.54) is 36.4 Å². The summed E-state index contributed by atoms with van der Waals surface area (Å²) in [6, 6.07) is 15.6. The molecule has 7 nitrogen and oxygen atoms in total. The fourth-order valence-corrected chi connectivity index (χ4v) is 4.46. The predicted molar refractivity (Wildman–Crippen MR) is 118 cm³/mol. The lowest BCUT2D eigenvalue weighted by Gasteiger charge is -2.10. The number of rotatable bonds is 8. The maximum atomic E-state index is 12.5. The van der Waals surface area contributed by atoms with E-state index in [1.807, 2.05) is 25.3 Å². The zero-order valence-corrected chi connectivity index (χ0v) is 18.4. The molecule has 0 amide bonds. The number of aryl methyl sites for hydroxylation is 1. The number of nitrogens with zero attached hydrogens (tertiary/aromatic N) is 1. The molecule has 31 heavy (non-hydrogen) atoms. The smallest absolute Gasteiger partial charge is 0.338 e. The molecule has 0 aliphatic carbocycles. The van der Waals surface area contributed by atoms with E-state index in [0.717, 1.165) is 17.9 Å². The number of ether oxygens (including phenoxy) is 1. The molecule has 0 aliphatic heterocycles. The summed E-state index contributed by atoms with van der Waals surface area (Å²) in [6.45, 7) is 6.12. The molecular formula is C23H24N2O5S. The number of anilines is 1. The molecule has 1 heterocycles. The first-order valence-corrected chi connectivity index (χ1v) is 11.3. The molecule has 0 unspecified atom stereocenters. The fourth-order valence-electron chi connectivity index (χ4n) is 3.39. The Balaban J connectivity index is 1.69. The number of hydrogen-bond donors (Lipinski definition) is 1. The van der Waals surface area contributed by atoms with Crippen LogP contribution in [0.25, 0.3) is 0 Å². The van der Waals surface area contributed by atoms with Crippen molar-refractivity contribution in [3.63, 3.8) is 0 Å². The van der Waals surface area contributed by atoms with E-state index in [-0.39, 0.29) is 21.9 Å². The Bertz CT molecular complexity index is 1210. The Morgan fingerprint density at radius 3 is 2.35 bits per heavy atom. The first-order valence-electron chi connectivity index (χ1n) is 9.78. The highest BCUT2D eigenvalue weighted by Gasteiger charge is 2.18. The van der Waals surface area contributed by atoms with Crippen molar-refractivity contribution in [3.05, 3.63) is 83.2 Å². The summed E-state index contributed by atoms with van der Waals surface area (Å²) >= 11 is 0. The largest absolute Gasteiger partial charge is 0.454 e. The molecule has 0 bridgehead atoms. The number of Topliss-reactive ketones (excluding diaryl/α,β-unsaturated/α-hetero) is 1. The van der Waals surface area contributed by atoms with Crippen molar-refractivity contribution >= 4 is 27.5 Å². The summed E-state index contributed by atoms with van der Waals surface area (Å²) < 4.78 is 34.6. The van der Waals surface area contributed by atoms with Crippen molar-refractivity contribution in [2.24, 2.45) is 0 Å². The van der Waals surface area contributed by atoms with Crippen LogP contribution in [-0.4, -0.2) is 31.3 Å². The van der Waals surface area contributed by atoms with E-state index in [2.05, 4.69) is 4.72 Å². The van der Waals surface area contributed by atoms with Gasteiger partial charge >= 0.3 is 5.97 Å². The highest BCUT2D eigenvalue weighted by Crippen LogP contribution is 2.19. The van der Waals surface area contributed by atoms with Gasteiger partial charge in [-0.15, -0.1) is 0 Å². The molecule has 1 N–H and O–H groups in total. The molecule has 0 aliphatic rings. The number of nitrogens with one attached hydrogen (secondary N) is 1. The van der Waals surface area contributed by atoms with Crippen LogP contribution in [0.5, 0.6) is 0 Å².